The molecule has 1 aromatic carbocycles. The van der Waals surface area contributed by atoms with Gasteiger partial charge in [-0.3, -0.25) is 0 Å². The van der Waals surface area contributed by atoms with Gasteiger partial charge < -0.3 is 10.2 Å². The highest BCUT2D eigenvalue weighted by atomic mass is 19.1. The molecule has 0 amide bonds. The van der Waals surface area contributed by atoms with Crippen molar-refractivity contribution in [1.29, 1.82) is 0 Å². The summed E-state index contributed by atoms with van der Waals surface area (Å²) in [5.41, 5.74) is 0.734. The fourth-order valence-electron chi connectivity index (χ4n) is 2.69. The summed E-state index contributed by atoms with van der Waals surface area (Å²) in [5.74, 6) is -0.980. The molecule has 1 aromatic rings. The molecule has 106 valence electrons. The summed E-state index contributed by atoms with van der Waals surface area (Å²) in [5, 5.41) is 3.53. The van der Waals surface area contributed by atoms with Gasteiger partial charge in [-0.15, -0.1) is 0 Å². The molecule has 1 fully saturated rings. The van der Waals surface area contributed by atoms with Crippen LogP contribution in [0.3, 0.4) is 0 Å². The van der Waals surface area contributed by atoms with Gasteiger partial charge in [0.25, 0.3) is 0 Å². The molecular weight excluding hydrogens is 246 g/mol. The monoisotopic (exact) mass is 268 g/mol. The average Bonchev–Trinajstić information content (AvgIpc) is 2.72. The predicted molar refractivity (Wildman–Crippen MR) is 73.2 cm³/mol. The molecular formula is C15H22F2N2. The third-order valence-corrected chi connectivity index (χ3v) is 3.48. The predicted octanol–water partition coefficient (Wildman–Crippen LogP) is 2.58. The van der Waals surface area contributed by atoms with E-state index in [9.17, 15) is 8.78 Å². The minimum absolute atomic E-state index is 0.490. The fourth-order valence-corrected chi connectivity index (χ4v) is 2.69. The van der Waals surface area contributed by atoms with Crippen LogP contribution in [0.15, 0.2) is 18.2 Å². The number of rotatable bonds is 5. The zero-order chi connectivity index (χ0) is 13.8. The molecule has 1 aliphatic rings. The van der Waals surface area contributed by atoms with Crippen LogP contribution < -0.4 is 5.32 Å². The summed E-state index contributed by atoms with van der Waals surface area (Å²) in [6.45, 7) is 7.24. The van der Waals surface area contributed by atoms with E-state index in [1.807, 2.05) is 0 Å². The van der Waals surface area contributed by atoms with E-state index in [0.717, 1.165) is 37.7 Å². The number of hydrogen-bond donors (Lipinski definition) is 1. The summed E-state index contributed by atoms with van der Waals surface area (Å²) in [6.07, 6.45) is 1.85. The lowest BCUT2D eigenvalue weighted by Gasteiger charge is -2.18. The van der Waals surface area contributed by atoms with E-state index in [0.29, 0.717) is 18.5 Å². The van der Waals surface area contributed by atoms with E-state index in [2.05, 4.69) is 24.1 Å². The summed E-state index contributed by atoms with van der Waals surface area (Å²) < 4.78 is 26.1. The minimum Gasteiger partial charge on any atom is -0.310 e. The van der Waals surface area contributed by atoms with Gasteiger partial charge in [-0.05, 0) is 37.1 Å². The Bertz CT molecular complexity index is 400. The molecule has 1 unspecified atom stereocenters. The van der Waals surface area contributed by atoms with Gasteiger partial charge in [-0.1, -0.05) is 13.8 Å². The molecule has 1 aliphatic heterocycles. The second-order valence-corrected chi connectivity index (χ2v) is 5.64. The van der Waals surface area contributed by atoms with Crippen LogP contribution in [0.5, 0.6) is 0 Å². The van der Waals surface area contributed by atoms with E-state index in [1.54, 1.807) is 0 Å². The van der Waals surface area contributed by atoms with Gasteiger partial charge in [0.05, 0.1) is 0 Å². The molecule has 1 N–H and O–H groups in total. The maximum Gasteiger partial charge on any atom is 0.126 e. The number of nitrogens with one attached hydrogen (secondary N) is 1. The van der Waals surface area contributed by atoms with Crippen molar-refractivity contribution in [3.05, 3.63) is 35.4 Å². The molecule has 0 radical (unpaired) electrons. The lowest BCUT2D eigenvalue weighted by molar-refractivity contribution is 0.328. The zero-order valence-corrected chi connectivity index (χ0v) is 11.6. The lowest BCUT2D eigenvalue weighted by atomic mass is 10.1. The maximum absolute atomic E-state index is 13.1. The summed E-state index contributed by atoms with van der Waals surface area (Å²) in [7, 11) is 0. The Hall–Kier alpha value is -1.00. The number of likely N-dealkylation sites (tertiary alicyclic amines) is 1. The van der Waals surface area contributed by atoms with Crippen molar-refractivity contribution >= 4 is 0 Å². The van der Waals surface area contributed by atoms with Crippen LogP contribution in [0.4, 0.5) is 8.78 Å². The number of hydrogen-bond acceptors (Lipinski definition) is 2. The smallest absolute Gasteiger partial charge is 0.126 e. The van der Waals surface area contributed by atoms with Gasteiger partial charge in [-0.2, -0.15) is 0 Å². The molecule has 1 saturated heterocycles. The van der Waals surface area contributed by atoms with Crippen molar-refractivity contribution in [3.63, 3.8) is 0 Å². The SMILES string of the molecule is CC(C)NC1CCN(CCc2cc(F)cc(F)c2)C1. The number of nitrogens with zero attached hydrogens (tertiary/aromatic N) is 1. The van der Waals surface area contributed by atoms with E-state index >= 15 is 0 Å². The van der Waals surface area contributed by atoms with Crippen molar-refractivity contribution in [3.8, 4) is 0 Å². The van der Waals surface area contributed by atoms with Crippen LogP contribution in [-0.4, -0.2) is 36.6 Å². The normalized spacial score (nSPS) is 20.4. The Balaban J connectivity index is 1.80. The zero-order valence-electron chi connectivity index (χ0n) is 11.6. The van der Waals surface area contributed by atoms with Crippen molar-refractivity contribution < 1.29 is 8.78 Å². The highest BCUT2D eigenvalue weighted by molar-refractivity contribution is 5.18. The Kier molecular flexibility index (Phi) is 4.88. The van der Waals surface area contributed by atoms with Crippen LogP contribution >= 0.6 is 0 Å². The number of halogens is 2. The van der Waals surface area contributed by atoms with Gasteiger partial charge in [0.2, 0.25) is 0 Å². The molecule has 2 rings (SSSR count). The van der Waals surface area contributed by atoms with Crippen LogP contribution in [0.1, 0.15) is 25.8 Å². The van der Waals surface area contributed by atoms with E-state index in [1.165, 1.54) is 12.1 Å². The fraction of sp³-hybridized carbons (Fsp3) is 0.600. The summed E-state index contributed by atoms with van der Waals surface area (Å²) >= 11 is 0. The second kappa shape index (κ2) is 6.44. The van der Waals surface area contributed by atoms with Crippen LogP contribution in [0.25, 0.3) is 0 Å². The van der Waals surface area contributed by atoms with Crippen molar-refractivity contribution in [2.75, 3.05) is 19.6 Å². The minimum atomic E-state index is -0.490. The van der Waals surface area contributed by atoms with Crippen molar-refractivity contribution in [2.24, 2.45) is 0 Å². The van der Waals surface area contributed by atoms with E-state index < -0.39 is 11.6 Å². The van der Waals surface area contributed by atoms with Gasteiger partial charge in [0, 0.05) is 31.2 Å². The Morgan fingerprint density at radius 2 is 1.95 bits per heavy atom. The highest BCUT2D eigenvalue weighted by Gasteiger charge is 2.22. The van der Waals surface area contributed by atoms with Gasteiger partial charge in [0.1, 0.15) is 11.6 Å². The van der Waals surface area contributed by atoms with Crippen LogP contribution in [0.2, 0.25) is 0 Å². The first-order chi connectivity index (χ1) is 9.02. The summed E-state index contributed by atoms with van der Waals surface area (Å²) in [4.78, 5) is 2.35. The standard InChI is InChI=1S/C15H22F2N2/c1-11(2)18-15-4-6-19(10-15)5-3-12-7-13(16)9-14(17)8-12/h7-9,11,15,18H,3-6,10H2,1-2H3. The first-order valence-electron chi connectivity index (χ1n) is 6.96. The van der Waals surface area contributed by atoms with Gasteiger partial charge in [-0.25, -0.2) is 8.78 Å². The third-order valence-electron chi connectivity index (χ3n) is 3.48. The van der Waals surface area contributed by atoms with E-state index in [-0.39, 0.29) is 0 Å². The third kappa shape index (κ3) is 4.55. The largest absolute Gasteiger partial charge is 0.310 e. The second-order valence-electron chi connectivity index (χ2n) is 5.64. The molecule has 1 atom stereocenters. The molecule has 1 heterocycles. The van der Waals surface area contributed by atoms with E-state index in [4.69, 9.17) is 0 Å². The summed E-state index contributed by atoms with van der Waals surface area (Å²) in [6, 6.07) is 4.81. The molecule has 4 heteroatoms. The lowest BCUT2D eigenvalue weighted by Crippen LogP contribution is -2.37. The highest BCUT2D eigenvalue weighted by Crippen LogP contribution is 2.13. The van der Waals surface area contributed by atoms with Crippen molar-refractivity contribution in [2.45, 2.75) is 38.8 Å². The average molecular weight is 268 g/mol. The Morgan fingerprint density at radius 3 is 2.58 bits per heavy atom. The van der Waals surface area contributed by atoms with Gasteiger partial charge in [0.15, 0.2) is 0 Å². The molecule has 0 aromatic heterocycles. The first kappa shape index (κ1) is 14.4. The quantitative estimate of drug-likeness (QED) is 0.883. The topological polar surface area (TPSA) is 15.3 Å². The molecule has 0 aliphatic carbocycles. The first-order valence-corrected chi connectivity index (χ1v) is 6.96. The molecule has 2 nitrogen and oxygen atoms in total. The van der Waals surface area contributed by atoms with Crippen molar-refractivity contribution in [1.82, 2.24) is 10.2 Å². The van der Waals surface area contributed by atoms with Crippen LogP contribution in [0, 0.1) is 11.6 Å². The maximum atomic E-state index is 13.1. The Labute approximate surface area is 113 Å². The molecule has 0 spiro atoms. The molecule has 19 heavy (non-hydrogen) atoms. The molecule has 0 saturated carbocycles. The Morgan fingerprint density at radius 1 is 1.26 bits per heavy atom. The van der Waals surface area contributed by atoms with Gasteiger partial charge >= 0.3 is 0 Å². The number of benzene rings is 1. The van der Waals surface area contributed by atoms with Crippen LogP contribution in [-0.2, 0) is 6.42 Å². The molecule has 0 bridgehead atoms.